The van der Waals surface area contributed by atoms with Crippen molar-refractivity contribution in [2.45, 2.75) is 39.5 Å². The molecule has 1 fully saturated rings. The molecule has 1 amide bonds. The Hall–Kier alpha value is -4.05. The third-order valence-electron chi connectivity index (χ3n) is 6.17. The van der Waals surface area contributed by atoms with Crippen LogP contribution in [0.2, 0.25) is 0 Å². The molecule has 0 atom stereocenters. The number of fused-ring (bicyclic) bond motifs is 2. The number of nitrogens with zero attached hydrogens (tertiary/aromatic N) is 6. The van der Waals surface area contributed by atoms with Gasteiger partial charge in [0.25, 0.3) is 0 Å². The molecule has 3 aromatic heterocycles. The number of hydrogen-bond donors (Lipinski definition) is 1. The quantitative estimate of drug-likeness (QED) is 0.466. The van der Waals surface area contributed by atoms with Crippen LogP contribution in [-0.4, -0.2) is 66.6 Å². The van der Waals surface area contributed by atoms with E-state index in [0.717, 1.165) is 39.6 Å². The van der Waals surface area contributed by atoms with Crippen LogP contribution in [0.5, 0.6) is 0 Å². The van der Waals surface area contributed by atoms with Gasteiger partial charge in [0.15, 0.2) is 0 Å². The lowest BCUT2D eigenvalue weighted by molar-refractivity contribution is -0.136. The van der Waals surface area contributed by atoms with Gasteiger partial charge in [0, 0.05) is 49.3 Å². The minimum absolute atomic E-state index is 0.0575. The van der Waals surface area contributed by atoms with E-state index >= 15 is 0 Å². The van der Waals surface area contributed by atoms with Crippen molar-refractivity contribution in [3.8, 4) is 0 Å². The highest BCUT2D eigenvalue weighted by atomic mass is 16.6. The number of benzene rings is 1. The largest absolute Gasteiger partial charge is 0.443 e. The van der Waals surface area contributed by atoms with Gasteiger partial charge in [-0.15, -0.1) is 0 Å². The lowest BCUT2D eigenvalue weighted by Gasteiger charge is -2.34. The normalized spacial score (nSPS) is 15.1. The molecule has 10 nitrogen and oxygen atoms in total. The van der Waals surface area contributed by atoms with Gasteiger partial charge < -0.3 is 15.4 Å². The molecule has 0 spiro atoms. The molecule has 1 saturated heterocycles. The van der Waals surface area contributed by atoms with E-state index in [1.807, 2.05) is 49.9 Å². The molecule has 2 N–H and O–H groups in total. The number of hydrogen-bond acceptors (Lipinski definition) is 8. The maximum atomic E-state index is 13.0. The molecule has 10 heteroatoms. The molecule has 4 heterocycles. The third-order valence-corrected chi connectivity index (χ3v) is 6.17. The number of nitrogens with two attached hydrogens (primary N) is 1. The van der Waals surface area contributed by atoms with Crippen LogP contribution in [0.4, 0.5) is 10.6 Å². The Labute approximate surface area is 208 Å². The van der Waals surface area contributed by atoms with Gasteiger partial charge in [0.1, 0.15) is 17.7 Å². The predicted octanol–water partition coefficient (Wildman–Crippen LogP) is 3.19. The van der Waals surface area contributed by atoms with Crippen molar-refractivity contribution >= 4 is 39.6 Å². The highest BCUT2D eigenvalue weighted by Gasteiger charge is 2.26. The standard InChI is InChI=1S/C26H29N7O3/c1-26(2,3)36-25(35)33-9-7-18-21(28-8-6-22(18)33)14-31-10-11-32(23(34)15-31)13-17-4-5-19-20(12-17)29-16-30-24(19)27/h4-9,12,16H,10-11,13-15H2,1-3H3,(H2,27,29,30). The van der Waals surface area contributed by atoms with E-state index in [9.17, 15) is 9.59 Å². The van der Waals surface area contributed by atoms with Crippen molar-refractivity contribution < 1.29 is 14.3 Å². The SMILES string of the molecule is CC(C)(C)OC(=O)n1ccc2c(CN3CCN(Cc4ccc5c(N)ncnc5c4)C(=O)C3)nccc21. The van der Waals surface area contributed by atoms with Gasteiger partial charge in [-0.1, -0.05) is 6.07 Å². The summed E-state index contributed by atoms with van der Waals surface area (Å²) in [5.74, 6) is 0.503. The number of carbonyl (C=O) groups is 2. The van der Waals surface area contributed by atoms with Gasteiger partial charge in [-0.25, -0.2) is 14.8 Å². The van der Waals surface area contributed by atoms with Crippen LogP contribution in [0.25, 0.3) is 21.8 Å². The average Bonchev–Trinajstić information content (AvgIpc) is 3.25. The van der Waals surface area contributed by atoms with Crippen LogP contribution in [0.3, 0.4) is 0 Å². The molecule has 36 heavy (non-hydrogen) atoms. The Balaban J connectivity index is 1.26. The van der Waals surface area contributed by atoms with Crippen LogP contribution < -0.4 is 5.73 Å². The Kier molecular flexibility index (Phi) is 6.05. The second-order valence-corrected chi connectivity index (χ2v) is 9.99. The van der Waals surface area contributed by atoms with Crippen molar-refractivity contribution in [3.05, 3.63) is 60.3 Å². The second kappa shape index (κ2) is 9.19. The number of rotatable bonds is 4. The summed E-state index contributed by atoms with van der Waals surface area (Å²) in [5, 5.41) is 1.68. The molecule has 1 aromatic carbocycles. The first-order valence-corrected chi connectivity index (χ1v) is 11.9. The van der Waals surface area contributed by atoms with Crippen LogP contribution >= 0.6 is 0 Å². The Morgan fingerprint density at radius 3 is 2.67 bits per heavy atom. The lowest BCUT2D eigenvalue weighted by Crippen LogP contribution is -2.49. The van der Waals surface area contributed by atoms with Crippen molar-refractivity contribution in [2.24, 2.45) is 0 Å². The van der Waals surface area contributed by atoms with E-state index in [0.29, 0.717) is 32.0 Å². The molecular weight excluding hydrogens is 458 g/mol. The van der Waals surface area contributed by atoms with E-state index < -0.39 is 11.7 Å². The van der Waals surface area contributed by atoms with Gasteiger partial charge in [0.2, 0.25) is 5.91 Å². The zero-order chi connectivity index (χ0) is 25.4. The summed E-state index contributed by atoms with van der Waals surface area (Å²) in [6.07, 6.45) is 4.41. The summed E-state index contributed by atoms with van der Waals surface area (Å²) in [6, 6.07) is 9.48. The number of amides is 1. The zero-order valence-corrected chi connectivity index (χ0v) is 20.6. The first-order valence-electron chi connectivity index (χ1n) is 11.9. The molecule has 0 radical (unpaired) electrons. The summed E-state index contributed by atoms with van der Waals surface area (Å²) in [7, 11) is 0. The highest BCUT2D eigenvalue weighted by Crippen LogP contribution is 2.23. The van der Waals surface area contributed by atoms with Crippen molar-refractivity contribution in [1.29, 1.82) is 0 Å². The first-order chi connectivity index (χ1) is 17.2. The predicted molar refractivity (Wildman–Crippen MR) is 136 cm³/mol. The number of nitrogen functional groups attached to an aromatic ring is 1. The second-order valence-electron chi connectivity index (χ2n) is 9.99. The van der Waals surface area contributed by atoms with Crippen LogP contribution in [0.1, 0.15) is 32.0 Å². The minimum Gasteiger partial charge on any atom is -0.443 e. The topological polar surface area (TPSA) is 119 Å². The fourth-order valence-electron chi connectivity index (χ4n) is 4.44. The Morgan fingerprint density at radius 2 is 1.89 bits per heavy atom. The highest BCUT2D eigenvalue weighted by molar-refractivity contribution is 5.91. The molecular formula is C26H29N7O3. The molecule has 5 rings (SSSR count). The maximum Gasteiger partial charge on any atom is 0.418 e. The first kappa shape index (κ1) is 23.7. The Bertz CT molecular complexity index is 1460. The molecule has 186 valence electrons. The van der Waals surface area contributed by atoms with Crippen LogP contribution in [-0.2, 0) is 22.6 Å². The van der Waals surface area contributed by atoms with Gasteiger partial charge in [0.05, 0.1) is 23.3 Å². The van der Waals surface area contributed by atoms with Crippen LogP contribution in [0.15, 0.2) is 49.1 Å². The molecule has 4 aromatic rings. The lowest BCUT2D eigenvalue weighted by atomic mass is 10.1. The van der Waals surface area contributed by atoms with E-state index in [-0.39, 0.29) is 5.91 Å². The van der Waals surface area contributed by atoms with Gasteiger partial charge >= 0.3 is 6.09 Å². The van der Waals surface area contributed by atoms with E-state index in [1.165, 1.54) is 10.9 Å². The fraction of sp³-hybridized carbons (Fsp3) is 0.346. The summed E-state index contributed by atoms with van der Waals surface area (Å²) in [5.41, 5.74) is 8.65. The average molecular weight is 488 g/mol. The van der Waals surface area contributed by atoms with Gasteiger partial charge in [-0.2, -0.15) is 0 Å². The van der Waals surface area contributed by atoms with E-state index in [2.05, 4.69) is 19.9 Å². The number of piperazine rings is 1. The molecule has 1 aliphatic heterocycles. The number of ether oxygens (including phenoxy) is 1. The number of pyridine rings is 1. The molecule has 0 aliphatic carbocycles. The number of anilines is 1. The monoisotopic (exact) mass is 487 g/mol. The van der Waals surface area contributed by atoms with Gasteiger partial charge in [-0.3, -0.25) is 19.2 Å². The summed E-state index contributed by atoms with van der Waals surface area (Å²) >= 11 is 0. The Morgan fingerprint density at radius 1 is 1.06 bits per heavy atom. The van der Waals surface area contributed by atoms with Crippen molar-refractivity contribution in [1.82, 2.24) is 29.3 Å². The summed E-state index contributed by atoms with van der Waals surface area (Å²) < 4.78 is 7.01. The zero-order valence-electron chi connectivity index (χ0n) is 20.6. The van der Waals surface area contributed by atoms with E-state index in [4.69, 9.17) is 10.5 Å². The van der Waals surface area contributed by atoms with Crippen molar-refractivity contribution in [2.75, 3.05) is 25.4 Å². The molecule has 1 aliphatic rings. The van der Waals surface area contributed by atoms with Crippen LogP contribution in [0, 0.1) is 0 Å². The van der Waals surface area contributed by atoms with Gasteiger partial charge in [-0.05, 0) is 50.6 Å². The van der Waals surface area contributed by atoms with E-state index in [1.54, 1.807) is 18.5 Å². The van der Waals surface area contributed by atoms with Crippen molar-refractivity contribution in [3.63, 3.8) is 0 Å². The third kappa shape index (κ3) is 4.85. The molecule has 0 saturated carbocycles. The smallest absolute Gasteiger partial charge is 0.418 e. The fourth-order valence-corrected chi connectivity index (χ4v) is 4.44. The molecule has 0 bridgehead atoms. The number of aromatic nitrogens is 4. The maximum absolute atomic E-state index is 13.0. The number of carbonyl (C=O) groups excluding carboxylic acids is 2. The summed E-state index contributed by atoms with van der Waals surface area (Å²) in [6.45, 7) is 8.17. The molecule has 0 unspecified atom stereocenters. The minimum atomic E-state index is -0.586. The summed E-state index contributed by atoms with van der Waals surface area (Å²) in [4.78, 5) is 42.3.